The van der Waals surface area contributed by atoms with Gasteiger partial charge in [0.25, 0.3) is 0 Å². The third-order valence-electron chi connectivity index (χ3n) is 3.63. The number of likely N-dealkylation sites (tertiary alicyclic amines) is 1. The van der Waals surface area contributed by atoms with Crippen molar-refractivity contribution in [1.82, 2.24) is 9.88 Å². The van der Waals surface area contributed by atoms with E-state index in [0.29, 0.717) is 6.04 Å². The highest BCUT2D eigenvalue weighted by Gasteiger charge is 2.18. The second kappa shape index (κ2) is 6.05. The lowest BCUT2D eigenvalue weighted by atomic mass is 10.0. The van der Waals surface area contributed by atoms with E-state index in [1.54, 1.807) is 6.20 Å². The molecule has 1 aromatic heterocycles. The van der Waals surface area contributed by atoms with E-state index in [1.807, 2.05) is 13.0 Å². The molecule has 1 aliphatic rings. The molecule has 0 unspecified atom stereocenters. The molecule has 4 heteroatoms. The van der Waals surface area contributed by atoms with E-state index < -0.39 is 0 Å². The van der Waals surface area contributed by atoms with Crippen LogP contribution in [0.15, 0.2) is 12.3 Å². The Kier molecular flexibility index (Phi) is 4.42. The van der Waals surface area contributed by atoms with Crippen molar-refractivity contribution in [2.24, 2.45) is 0 Å². The lowest BCUT2D eigenvalue weighted by Crippen LogP contribution is -2.39. The van der Waals surface area contributed by atoms with Crippen LogP contribution >= 0.6 is 0 Å². The van der Waals surface area contributed by atoms with Gasteiger partial charge in [-0.1, -0.05) is 6.92 Å². The number of nitrogens with one attached hydrogen (secondary N) is 1. The van der Waals surface area contributed by atoms with E-state index in [1.165, 1.54) is 38.9 Å². The molecule has 0 atom stereocenters. The number of hydrogen-bond acceptors (Lipinski definition) is 4. The van der Waals surface area contributed by atoms with Gasteiger partial charge in [-0.05, 0) is 44.4 Å². The molecule has 0 aliphatic carbocycles. The van der Waals surface area contributed by atoms with Crippen LogP contribution in [0, 0.1) is 6.92 Å². The van der Waals surface area contributed by atoms with E-state index in [9.17, 15) is 0 Å². The predicted octanol–water partition coefficient (Wildman–Crippen LogP) is 2.26. The van der Waals surface area contributed by atoms with Crippen molar-refractivity contribution in [3.05, 3.63) is 17.8 Å². The number of aromatic nitrogens is 1. The lowest BCUT2D eigenvalue weighted by Gasteiger charge is -2.32. The van der Waals surface area contributed by atoms with E-state index in [-0.39, 0.29) is 0 Å². The second-order valence-electron chi connectivity index (χ2n) is 5.19. The Morgan fingerprint density at radius 2 is 2.17 bits per heavy atom. The summed E-state index contributed by atoms with van der Waals surface area (Å²) in [7, 11) is 0. The Bertz CT molecular complexity index is 383. The quantitative estimate of drug-likeness (QED) is 0.858. The molecule has 1 fully saturated rings. The van der Waals surface area contributed by atoms with Crippen LogP contribution < -0.4 is 11.1 Å². The van der Waals surface area contributed by atoms with Gasteiger partial charge in [0.1, 0.15) is 5.82 Å². The van der Waals surface area contributed by atoms with Gasteiger partial charge in [0.05, 0.1) is 11.9 Å². The summed E-state index contributed by atoms with van der Waals surface area (Å²) in [4.78, 5) is 6.88. The molecule has 2 rings (SSSR count). The van der Waals surface area contributed by atoms with Crippen LogP contribution in [0.5, 0.6) is 0 Å². The lowest BCUT2D eigenvalue weighted by molar-refractivity contribution is 0.219. The van der Waals surface area contributed by atoms with Crippen LogP contribution in [-0.4, -0.2) is 35.6 Å². The zero-order valence-electron chi connectivity index (χ0n) is 11.4. The van der Waals surface area contributed by atoms with Crippen molar-refractivity contribution >= 4 is 11.5 Å². The van der Waals surface area contributed by atoms with Gasteiger partial charge in [-0.2, -0.15) is 0 Å². The number of hydrogen-bond donors (Lipinski definition) is 2. The van der Waals surface area contributed by atoms with Gasteiger partial charge in [-0.3, -0.25) is 0 Å². The minimum atomic E-state index is 0.550. The van der Waals surface area contributed by atoms with Crippen molar-refractivity contribution in [2.75, 3.05) is 30.7 Å². The maximum absolute atomic E-state index is 5.78. The largest absolute Gasteiger partial charge is 0.397 e. The standard InChI is InChI=1S/C14H24N4/c1-3-6-18-7-4-12(5-8-18)17-14-9-11(2)13(15)10-16-14/h9-10,12H,3-8,15H2,1-2H3,(H,16,17). The molecule has 100 valence electrons. The third kappa shape index (κ3) is 3.35. The maximum atomic E-state index is 5.78. The fourth-order valence-corrected chi connectivity index (χ4v) is 2.47. The highest BCUT2D eigenvalue weighted by Crippen LogP contribution is 2.18. The average Bonchev–Trinajstić information content (AvgIpc) is 2.37. The second-order valence-corrected chi connectivity index (χ2v) is 5.19. The van der Waals surface area contributed by atoms with Gasteiger partial charge >= 0.3 is 0 Å². The first-order valence-corrected chi connectivity index (χ1v) is 6.90. The molecular formula is C14H24N4. The molecule has 2 heterocycles. The molecular weight excluding hydrogens is 224 g/mol. The topological polar surface area (TPSA) is 54.2 Å². The number of nitrogens with two attached hydrogens (primary N) is 1. The van der Waals surface area contributed by atoms with Crippen LogP contribution in [0.4, 0.5) is 11.5 Å². The van der Waals surface area contributed by atoms with Gasteiger partial charge in [-0.25, -0.2) is 4.98 Å². The van der Waals surface area contributed by atoms with Crippen molar-refractivity contribution in [3.63, 3.8) is 0 Å². The highest BCUT2D eigenvalue weighted by molar-refractivity contribution is 5.51. The number of nitrogen functional groups attached to an aromatic ring is 1. The van der Waals surface area contributed by atoms with E-state index in [2.05, 4.69) is 22.1 Å². The maximum Gasteiger partial charge on any atom is 0.126 e. The van der Waals surface area contributed by atoms with Crippen molar-refractivity contribution in [2.45, 2.75) is 39.2 Å². The van der Waals surface area contributed by atoms with Crippen molar-refractivity contribution < 1.29 is 0 Å². The van der Waals surface area contributed by atoms with Gasteiger partial charge in [-0.15, -0.1) is 0 Å². The molecule has 18 heavy (non-hydrogen) atoms. The number of anilines is 2. The smallest absolute Gasteiger partial charge is 0.126 e. The number of rotatable bonds is 4. The molecule has 0 aromatic carbocycles. The van der Waals surface area contributed by atoms with E-state index >= 15 is 0 Å². The van der Waals surface area contributed by atoms with Gasteiger partial charge in [0.15, 0.2) is 0 Å². The summed E-state index contributed by atoms with van der Waals surface area (Å²) < 4.78 is 0. The minimum Gasteiger partial charge on any atom is -0.397 e. The number of piperidine rings is 1. The summed E-state index contributed by atoms with van der Waals surface area (Å²) in [5, 5.41) is 3.52. The number of nitrogens with zero attached hydrogens (tertiary/aromatic N) is 2. The Labute approximate surface area is 110 Å². The van der Waals surface area contributed by atoms with Crippen LogP contribution in [0.25, 0.3) is 0 Å². The van der Waals surface area contributed by atoms with Gasteiger partial charge < -0.3 is 16.0 Å². The fraction of sp³-hybridized carbons (Fsp3) is 0.643. The molecule has 1 aliphatic heterocycles. The van der Waals surface area contributed by atoms with Crippen molar-refractivity contribution in [1.29, 1.82) is 0 Å². The molecule has 4 nitrogen and oxygen atoms in total. The monoisotopic (exact) mass is 248 g/mol. The van der Waals surface area contributed by atoms with Gasteiger partial charge in [0, 0.05) is 19.1 Å². The van der Waals surface area contributed by atoms with Crippen LogP contribution in [0.1, 0.15) is 31.7 Å². The minimum absolute atomic E-state index is 0.550. The molecule has 0 amide bonds. The van der Waals surface area contributed by atoms with Gasteiger partial charge in [0.2, 0.25) is 0 Å². The van der Waals surface area contributed by atoms with E-state index in [0.717, 1.165) is 17.1 Å². The Morgan fingerprint density at radius 3 is 2.78 bits per heavy atom. The molecule has 0 bridgehead atoms. The Balaban J connectivity index is 1.85. The zero-order valence-corrected chi connectivity index (χ0v) is 11.4. The summed E-state index contributed by atoms with van der Waals surface area (Å²) >= 11 is 0. The van der Waals surface area contributed by atoms with Crippen molar-refractivity contribution in [3.8, 4) is 0 Å². The van der Waals surface area contributed by atoms with Crippen LogP contribution in [-0.2, 0) is 0 Å². The summed E-state index contributed by atoms with van der Waals surface area (Å²) in [5.41, 5.74) is 7.63. The molecule has 1 aromatic rings. The number of pyridine rings is 1. The van der Waals surface area contributed by atoms with Crippen LogP contribution in [0.3, 0.4) is 0 Å². The highest BCUT2D eigenvalue weighted by atomic mass is 15.1. The molecule has 3 N–H and O–H groups in total. The number of aryl methyl sites for hydroxylation is 1. The Hall–Kier alpha value is -1.29. The first kappa shape index (κ1) is 13.1. The Morgan fingerprint density at radius 1 is 1.44 bits per heavy atom. The summed E-state index contributed by atoms with van der Waals surface area (Å²) in [5.74, 6) is 0.954. The third-order valence-corrected chi connectivity index (χ3v) is 3.63. The summed E-state index contributed by atoms with van der Waals surface area (Å²) in [6.07, 6.45) is 5.39. The SMILES string of the molecule is CCCN1CCC(Nc2cc(C)c(N)cn2)CC1. The van der Waals surface area contributed by atoms with E-state index in [4.69, 9.17) is 5.73 Å². The summed E-state index contributed by atoms with van der Waals surface area (Å²) in [6, 6.07) is 2.59. The zero-order chi connectivity index (χ0) is 13.0. The molecule has 0 saturated carbocycles. The average molecular weight is 248 g/mol. The fourth-order valence-electron chi connectivity index (χ4n) is 2.47. The first-order chi connectivity index (χ1) is 8.69. The molecule has 0 radical (unpaired) electrons. The first-order valence-electron chi connectivity index (χ1n) is 6.90. The summed E-state index contributed by atoms with van der Waals surface area (Å²) in [6.45, 7) is 7.88. The van der Waals surface area contributed by atoms with Crippen LogP contribution in [0.2, 0.25) is 0 Å². The molecule has 1 saturated heterocycles. The predicted molar refractivity (Wildman–Crippen MR) is 76.8 cm³/mol. The molecule has 0 spiro atoms. The normalized spacial score (nSPS) is 17.9.